The van der Waals surface area contributed by atoms with Crippen molar-refractivity contribution in [3.63, 3.8) is 0 Å². The smallest absolute Gasteiger partial charge is 0.336 e. The molecular formula is C11H13FN2O3. The summed E-state index contributed by atoms with van der Waals surface area (Å²) in [6, 6.07) is 3.35. The van der Waals surface area contributed by atoms with Crippen LogP contribution in [0.5, 0.6) is 0 Å². The zero-order chi connectivity index (χ0) is 13.0. The summed E-state index contributed by atoms with van der Waals surface area (Å²) in [5.74, 6) is -1.87. The molecule has 0 bridgehead atoms. The van der Waals surface area contributed by atoms with Crippen LogP contribution in [-0.4, -0.2) is 36.1 Å². The molecule has 0 heterocycles. The molecule has 0 spiro atoms. The average molecular weight is 240 g/mol. The fourth-order valence-electron chi connectivity index (χ4n) is 1.26. The lowest BCUT2D eigenvalue weighted by Crippen LogP contribution is -2.34. The minimum atomic E-state index is -1.22. The molecular weight excluding hydrogens is 227 g/mol. The van der Waals surface area contributed by atoms with Crippen LogP contribution in [0.4, 0.5) is 9.18 Å². The highest BCUT2D eigenvalue weighted by Gasteiger charge is 2.15. The van der Waals surface area contributed by atoms with Crippen molar-refractivity contribution >= 4 is 12.0 Å². The normalized spacial score (nSPS) is 9.82. The Hall–Kier alpha value is -2.11. The molecule has 1 aromatic carbocycles. The van der Waals surface area contributed by atoms with Gasteiger partial charge in [-0.2, -0.15) is 0 Å². The third kappa shape index (κ3) is 3.17. The summed E-state index contributed by atoms with van der Waals surface area (Å²) in [6.45, 7) is -0.161. The van der Waals surface area contributed by atoms with E-state index in [1.54, 1.807) is 0 Å². The van der Waals surface area contributed by atoms with Gasteiger partial charge < -0.3 is 15.3 Å². The van der Waals surface area contributed by atoms with Gasteiger partial charge in [0.1, 0.15) is 5.82 Å². The Bertz CT molecular complexity index is 446. The summed E-state index contributed by atoms with van der Waals surface area (Å²) in [7, 11) is 3.07. The number of hydrogen-bond donors (Lipinski definition) is 2. The van der Waals surface area contributed by atoms with Crippen LogP contribution in [-0.2, 0) is 6.54 Å². The van der Waals surface area contributed by atoms with E-state index in [4.69, 9.17) is 5.11 Å². The van der Waals surface area contributed by atoms with E-state index in [0.717, 1.165) is 6.07 Å². The second-order valence-corrected chi connectivity index (χ2v) is 3.62. The van der Waals surface area contributed by atoms with Gasteiger partial charge in [-0.05, 0) is 12.1 Å². The van der Waals surface area contributed by atoms with Crippen molar-refractivity contribution in [3.05, 3.63) is 35.1 Å². The quantitative estimate of drug-likeness (QED) is 0.836. The van der Waals surface area contributed by atoms with Crippen LogP contribution in [0, 0.1) is 5.82 Å². The zero-order valence-corrected chi connectivity index (χ0v) is 9.53. The maximum atomic E-state index is 13.4. The van der Waals surface area contributed by atoms with E-state index in [-0.39, 0.29) is 17.7 Å². The fraction of sp³-hybridized carbons (Fsp3) is 0.273. The van der Waals surface area contributed by atoms with Gasteiger partial charge in [0.2, 0.25) is 0 Å². The van der Waals surface area contributed by atoms with Gasteiger partial charge in [-0.3, -0.25) is 0 Å². The Morgan fingerprint density at radius 2 is 2.06 bits per heavy atom. The lowest BCUT2D eigenvalue weighted by Gasteiger charge is -2.13. The lowest BCUT2D eigenvalue weighted by atomic mass is 10.1. The molecule has 1 rings (SSSR count). The number of aromatic carboxylic acids is 1. The molecule has 0 saturated heterocycles. The summed E-state index contributed by atoms with van der Waals surface area (Å²) in [5, 5.41) is 11.3. The van der Waals surface area contributed by atoms with Gasteiger partial charge in [-0.1, -0.05) is 6.07 Å². The number of rotatable bonds is 3. The molecule has 5 nitrogen and oxygen atoms in total. The van der Waals surface area contributed by atoms with Crippen molar-refractivity contribution in [2.24, 2.45) is 0 Å². The molecule has 92 valence electrons. The van der Waals surface area contributed by atoms with E-state index in [0.29, 0.717) is 0 Å². The number of benzene rings is 1. The number of carbonyl (C=O) groups is 2. The second kappa shape index (κ2) is 5.29. The molecule has 0 saturated carbocycles. The van der Waals surface area contributed by atoms with Gasteiger partial charge in [0.15, 0.2) is 0 Å². The fourth-order valence-corrected chi connectivity index (χ4v) is 1.26. The Kier molecular flexibility index (Phi) is 4.03. The number of amides is 2. The van der Waals surface area contributed by atoms with Gasteiger partial charge in [-0.15, -0.1) is 0 Å². The summed E-state index contributed by atoms with van der Waals surface area (Å²) in [6.07, 6.45) is 0. The summed E-state index contributed by atoms with van der Waals surface area (Å²) in [4.78, 5) is 23.4. The van der Waals surface area contributed by atoms with E-state index in [9.17, 15) is 14.0 Å². The monoisotopic (exact) mass is 240 g/mol. The third-order valence-corrected chi connectivity index (χ3v) is 2.17. The first-order valence-electron chi connectivity index (χ1n) is 4.89. The Labute approximate surface area is 97.8 Å². The van der Waals surface area contributed by atoms with Crippen LogP contribution >= 0.6 is 0 Å². The SMILES string of the molecule is CN(C)C(=O)NCc1c(F)cccc1C(=O)O. The van der Waals surface area contributed by atoms with Gasteiger partial charge >= 0.3 is 12.0 Å². The van der Waals surface area contributed by atoms with E-state index < -0.39 is 17.8 Å². The van der Waals surface area contributed by atoms with Crippen molar-refractivity contribution < 1.29 is 19.1 Å². The first-order valence-corrected chi connectivity index (χ1v) is 4.89. The largest absolute Gasteiger partial charge is 0.478 e. The minimum absolute atomic E-state index is 0.0322. The van der Waals surface area contributed by atoms with E-state index >= 15 is 0 Å². The molecule has 0 aliphatic carbocycles. The highest BCUT2D eigenvalue weighted by molar-refractivity contribution is 5.89. The number of carbonyl (C=O) groups excluding carboxylic acids is 1. The van der Waals surface area contributed by atoms with Crippen molar-refractivity contribution in [1.82, 2.24) is 10.2 Å². The zero-order valence-electron chi connectivity index (χ0n) is 9.53. The van der Waals surface area contributed by atoms with Crippen molar-refractivity contribution in [2.45, 2.75) is 6.54 Å². The molecule has 0 radical (unpaired) electrons. The number of nitrogens with one attached hydrogen (secondary N) is 1. The molecule has 2 amide bonds. The number of hydrogen-bond acceptors (Lipinski definition) is 2. The first kappa shape index (κ1) is 13.0. The average Bonchev–Trinajstić information content (AvgIpc) is 2.26. The minimum Gasteiger partial charge on any atom is -0.478 e. The van der Waals surface area contributed by atoms with Gasteiger partial charge in [0, 0.05) is 26.2 Å². The predicted octanol–water partition coefficient (Wildman–Crippen LogP) is 1.30. The summed E-state index contributed by atoms with van der Waals surface area (Å²) in [5.41, 5.74) is -0.181. The maximum absolute atomic E-state index is 13.4. The molecule has 0 atom stereocenters. The second-order valence-electron chi connectivity index (χ2n) is 3.62. The van der Waals surface area contributed by atoms with E-state index in [1.807, 2.05) is 0 Å². The topological polar surface area (TPSA) is 69.6 Å². The molecule has 0 aromatic heterocycles. The number of carboxylic acid groups (broad SMARTS) is 1. The Balaban J connectivity index is 2.90. The molecule has 1 aromatic rings. The Morgan fingerprint density at radius 1 is 1.41 bits per heavy atom. The van der Waals surface area contributed by atoms with Gasteiger partial charge in [0.05, 0.1) is 5.56 Å². The van der Waals surface area contributed by atoms with E-state index in [2.05, 4.69) is 5.32 Å². The predicted molar refractivity (Wildman–Crippen MR) is 59.3 cm³/mol. The van der Waals surface area contributed by atoms with Crippen LogP contribution in [0.25, 0.3) is 0 Å². The number of urea groups is 1. The standard InChI is InChI=1S/C11H13FN2O3/c1-14(2)11(17)13-6-8-7(10(15)16)4-3-5-9(8)12/h3-5H,6H2,1-2H3,(H,13,17)(H,15,16). The van der Waals surface area contributed by atoms with Crippen LogP contribution in [0.15, 0.2) is 18.2 Å². The van der Waals surface area contributed by atoms with Crippen molar-refractivity contribution in [3.8, 4) is 0 Å². The lowest BCUT2D eigenvalue weighted by molar-refractivity contribution is 0.0694. The highest BCUT2D eigenvalue weighted by atomic mass is 19.1. The molecule has 2 N–H and O–H groups in total. The molecule has 6 heteroatoms. The first-order chi connectivity index (χ1) is 7.93. The van der Waals surface area contributed by atoms with Crippen LogP contribution in [0.2, 0.25) is 0 Å². The summed E-state index contributed by atoms with van der Waals surface area (Å²) >= 11 is 0. The van der Waals surface area contributed by atoms with Gasteiger partial charge in [0.25, 0.3) is 0 Å². The van der Waals surface area contributed by atoms with Crippen LogP contribution in [0.1, 0.15) is 15.9 Å². The number of halogens is 1. The molecule has 0 aliphatic rings. The molecule has 0 fully saturated rings. The van der Waals surface area contributed by atoms with Crippen LogP contribution < -0.4 is 5.32 Å². The third-order valence-electron chi connectivity index (χ3n) is 2.17. The van der Waals surface area contributed by atoms with Crippen molar-refractivity contribution in [1.29, 1.82) is 0 Å². The molecule has 0 unspecified atom stereocenters. The number of nitrogens with zero attached hydrogens (tertiary/aromatic N) is 1. The summed E-state index contributed by atoms with van der Waals surface area (Å²) < 4.78 is 13.4. The Morgan fingerprint density at radius 3 is 2.59 bits per heavy atom. The molecule has 17 heavy (non-hydrogen) atoms. The van der Waals surface area contributed by atoms with E-state index in [1.165, 1.54) is 31.1 Å². The molecule has 0 aliphatic heterocycles. The van der Waals surface area contributed by atoms with Crippen molar-refractivity contribution in [2.75, 3.05) is 14.1 Å². The maximum Gasteiger partial charge on any atom is 0.336 e. The van der Waals surface area contributed by atoms with Gasteiger partial charge in [-0.25, -0.2) is 14.0 Å². The number of carboxylic acids is 1. The highest BCUT2D eigenvalue weighted by Crippen LogP contribution is 2.13. The van der Waals surface area contributed by atoms with Crippen LogP contribution in [0.3, 0.4) is 0 Å².